The molecule has 4 rings (SSSR count). The number of hydrogen-bond donors (Lipinski definition) is 3. The molecular weight excluding hydrogens is 452 g/mol. The molecule has 2 unspecified atom stereocenters. The average Bonchev–Trinajstić information content (AvgIpc) is 2.97. The lowest BCUT2D eigenvalue weighted by Crippen LogP contribution is -2.32. The molecule has 3 aliphatic rings. The van der Waals surface area contributed by atoms with E-state index in [-0.39, 0.29) is 6.04 Å². The molecular formula is C33H40N4. The Morgan fingerprint density at radius 1 is 1.14 bits per heavy atom. The monoisotopic (exact) mass is 492 g/mol. The molecule has 0 amide bonds. The highest BCUT2D eigenvalue weighted by molar-refractivity contribution is 5.73. The minimum absolute atomic E-state index is 0.250. The molecule has 0 bridgehead atoms. The van der Waals surface area contributed by atoms with Crippen LogP contribution in [0.15, 0.2) is 114 Å². The van der Waals surface area contributed by atoms with Gasteiger partial charge in [0.25, 0.3) is 0 Å². The summed E-state index contributed by atoms with van der Waals surface area (Å²) in [6, 6.07) is 8.68. The van der Waals surface area contributed by atoms with Gasteiger partial charge in [-0.05, 0) is 79.5 Å². The summed E-state index contributed by atoms with van der Waals surface area (Å²) >= 11 is 0. The molecule has 0 saturated carbocycles. The highest BCUT2D eigenvalue weighted by Crippen LogP contribution is 2.25. The first-order valence-electron chi connectivity index (χ1n) is 13.5. The number of nitrogens with one attached hydrogen (secondary N) is 2. The van der Waals surface area contributed by atoms with Gasteiger partial charge in [-0.2, -0.15) is 0 Å². The van der Waals surface area contributed by atoms with Crippen molar-refractivity contribution in [1.82, 2.24) is 10.6 Å². The van der Waals surface area contributed by atoms with Crippen molar-refractivity contribution in [3.8, 4) is 0 Å². The summed E-state index contributed by atoms with van der Waals surface area (Å²) in [5.41, 5.74) is 13.2. The normalized spacial score (nSPS) is 20.7. The molecule has 0 aromatic heterocycles. The van der Waals surface area contributed by atoms with Gasteiger partial charge in [-0.15, -0.1) is 0 Å². The topological polar surface area (TPSA) is 62.4 Å². The Hall–Kier alpha value is -3.63. The minimum Gasteiger partial charge on any atom is -0.397 e. The number of hydrogen-bond acceptors (Lipinski definition) is 4. The molecule has 0 spiro atoms. The predicted octanol–water partition coefficient (Wildman–Crippen LogP) is 6.61. The van der Waals surface area contributed by atoms with Gasteiger partial charge in [0.2, 0.25) is 0 Å². The average molecular weight is 493 g/mol. The second-order valence-electron chi connectivity index (χ2n) is 9.69. The zero-order valence-electron chi connectivity index (χ0n) is 21.9. The van der Waals surface area contributed by atoms with Crippen LogP contribution in [0.1, 0.15) is 49.7 Å². The first-order chi connectivity index (χ1) is 18.2. The van der Waals surface area contributed by atoms with Crippen LogP contribution in [0, 0.1) is 5.92 Å². The summed E-state index contributed by atoms with van der Waals surface area (Å²) < 4.78 is 0. The first-order valence-corrected chi connectivity index (χ1v) is 13.5. The van der Waals surface area contributed by atoms with Gasteiger partial charge in [-0.1, -0.05) is 79.0 Å². The fourth-order valence-corrected chi connectivity index (χ4v) is 4.82. The van der Waals surface area contributed by atoms with Crippen molar-refractivity contribution in [2.75, 3.05) is 13.6 Å². The molecule has 192 valence electrons. The number of rotatable bonds is 11. The third-order valence-electron chi connectivity index (χ3n) is 6.99. The summed E-state index contributed by atoms with van der Waals surface area (Å²) in [6.45, 7) is 0.822. The Labute approximate surface area is 222 Å². The highest BCUT2D eigenvalue weighted by atomic mass is 14.9. The number of nitrogens with two attached hydrogens (primary N) is 1. The van der Waals surface area contributed by atoms with E-state index in [1.165, 1.54) is 16.7 Å². The van der Waals surface area contributed by atoms with Crippen LogP contribution in [0.4, 0.5) is 0 Å². The standard InChI is InChI=1S/C33H40N4/c1-35-33(28-16-9-4-10-17-28)23-31(37-24-26-12-5-2-6-13-26)20-21-36-25-32(34)30-19-11-18-29(22-30)27-14-7-3-8-15-27/h3-5,7,9-14,16,18-19,21-23,25,28,33,35,37H,2,6,8,15,17,20,24,34H2,1H3/b31-23-,32-25-,36-21?. The molecule has 2 atom stereocenters. The molecule has 1 aromatic rings. The lowest BCUT2D eigenvalue weighted by Gasteiger charge is -2.23. The third-order valence-corrected chi connectivity index (χ3v) is 6.99. The first kappa shape index (κ1) is 26.4. The fourth-order valence-electron chi connectivity index (χ4n) is 4.82. The van der Waals surface area contributed by atoms with Gasteiger partial charge >= 0.3 is 0 Å². The van der Waals surface area contributed by atoms with Crippen LogP contribution in [0.2, 0.25) is 0 Å². The number of allylic oxidation sites excluding steroid dienone is 10. The maximum atomic E-state index is 6.41. The van der Waals surface area contributed by atoms with E-state index in [1.807, 2.05) is 19.3 Å². The number of nitrogens with zero attached hydrogens (tertiary/aromatic N) is 1. The van der Waals surface area contributed by atoms with Gasteiger partial charge in [0, 0.05) is 37.1 Å². The Morgan fingerprint density at radius 3 is 2.84 bits per heavy atom. The van der Waals surface area contributed by atoms with Gasteiger partial charge in [0.15, 0.2) is 0 Å². The van der Waals surface area contributed by atoms with Crippen LogP contribution < -0.4 is 16.4 Å². The van der Waals surface area contributed by atoms with E-state index >= 15 is 0 Å². The van der Waals surface area contributed by atoms with Crippen molar-refractivity contribution >= 4 is 17.5 Å². The molecule has 0 radical (unpaired) electrons. The van der Waals surface area contributed by atoms with E-state index in [0.717, 1.165) is 49.9 Å². The van der Waals surface area contributed by atoms with Crippen molar-refractivity contribution in [2.45, 2.75) is 44.6 Å². The van der Waals surface area contributed by atoms with Crippen molar-refractivity contribution < 1.29 is 0 Å². The molecule has 0 fully saturated rings. The Morgan fingerprint density at radius 2 is 2.08 bits per heavy atom. The van der Waals surface area contributed by atoms with Crippen LogP contribution in [-0.4, -0.2) is 25.8 Å². The fraction of sp³-hybridized carbons (Fsp3) is 0.303. The van der Waals surface area contributed by atoms with Crippen molar-refractivity contribution in [1.29, 1.82) is 0 Å². The lowest BCUT2D eigenvalue weighted by molar-refractivity contribution is 0.503. The second kappa shape index (κ2) is 14.2. The van der Waals surface area contributed by atoms with Crippen LogP contribution in [0.25, 0.3) is 11.3 Å². The SMILES string of the molecule is CNC(/C=C(/CC=N/C=C(\N)c1cccc(C2=CC=CCC2)c1)NCC1=CCCC=C1)C1C=CC=CC1. The van der Waals surface area contributed by atoms with E-state index in [1.54, 1.807) is 6.20 Å². The van der Waals surface area contributed by atoms with Gasteiger partial charge in [0.05, 0.1) is 5.70 Å². The van der Waals surface area contributed by atoms with Crippen LogP contribution in [0.5, 0.6) is 0 Å². The molecule has 0 saturated heterocycles. The molecule has 1 aromatic carbocycles. The van der Waals surface area contributed by atoms with Gasteiger partial charge < -0.3 is 16.4 Å². The maximum Gasteiger partial charge on any atom is 0.0573 e. The van der Waals surface area contributed by atoms with E-state index in [9.17, 15) is 0 Å². The van der Waals surface area contributed by atoms with E-state index in [0.29, 0.717) is 18.0 Å². The van der Waals surface area contributed by atoms with Crippen molar-refractivity contribution in [3.63, 3.8) is 0 Å². The number of likely N-dealkylation sites (N-methyl/N-ethyl adjacent to an activating group) is 1. The van der Waals surface area contributed by atoms with Crippen LogP contribution in [-0.2, 0) is 0 Å². The Kier molecular flexibility index (Phi) is 10.1. The number of aliphatic imine (C=N–C) groups is 1. The minimum atomic E-state index is 0.250. The molecule has 4 nitrogen and oxygen atoms in total. The summed E-state index contributed by atoms with van der Waals surface area (Å²) in [5.74, 6) is 0.440. The summed E-state index contributed by atoms with van der Waals surface area (Å²) in [5, 5.41) is 7.15. The van der Waals surface area contributed by atoms with Crippen molar-refractivity contribution in [2.24, 2.45) is 16.6 Å². The molecule has 3 aliphatic carbocycles. The summed E-state index contributed by atoms with van der Waals surface area (Å²) in [4.78, 5) is 4.58. The van der Waals surface area contributed by atoms with Crippen LogP contribution in [0.3, 0.4) is 0 Å². The maximum absolute atomic E-state index is 6.41. The van der Waals surface area contributed by atoms with Gasteiger partial charge in [-0.3, -0.25) is 4.99 Å². The third kappa shape index (κ3) is 8.19. The highest BCUT2D eigenvalue weighted by Gasteiger charge is 2.16. The molecule has 4 heteroatoms. The zero-order valence-corrected chi connectivity index (χ0v) is 21.9. The van der Waals surface area contributed by atoms with E-state index in [4.69, 9.17) is 5.73 Å². The summed E-state index contributed by atoms with van der Waals surface area (Å²) in [7, 11) is 2.03. The van der Waals surface area contributed by atoms with E-state index in [2.05, 4.69) is 101 Å². The quantitative estimate of drug-likeness (QED) is 0.305. The van der Waals surface area contributed by atoms with Crippen LogP contribution >= 0.6 is 0 Å². The van der Waals surface area contributed by atoms with Gasteiger partial charge in [0.1, 0.15) is 0 Å². The Balaban J connectivity index is 1.44. The Bertz CT molecular complexity index is 1190. The van der Waals surface area contributed by atoms with Gasteiger partial charge in [-0.25, -0.2) is 0 Å². The molecule has 0 heterocycles. The zero-order chi connectivity index (χ0) is 25.7. The number of benzene rings is 1. The predicted molar refractivity (Wildman–Crippen MR) is 160 cm³/mol. The molecule has 37 heavy (non-hydrogen) atoms. The molecule has 4 N–H and O–H groups in total. The largest absolute Gasteiger partial charge is 0.397 e. The lowest BCUT2D eigenvalue weighted by atomic mass is 9.92. The van der Waals surface area contributed by atoms with Crippen molar-refractivity contribution in [3.05, 3.63) is 120 Å². The smallest absolute Gasteiger partial charge is 0.0573 e. The summed E-state index contributed by atoms with van der Waals surface area (Å²) in [6.07, 6.45) is 34.3. The second-order valence-corrected chi connectivity index (χ2v) is 9.69. The molecule has 0 aliphatic heterocycles. The van der Waals surface area contributed by atoms with E-state index < -0.39 is 0 Å².